The van der Waals surface area contributed by atoms with Gasteiger partial charge in [0.25, 0.3) is 0 Å². The molecule has 1 atom stereocenters. The number of benzene rings is 2. The summed E-state index contributed by atoms with van der Waals surface area (Å²) >= 11 is 0. The molecule has 0 aromatic heterocycles. The monoisotopic (exact) mass is 437 g/mol. The van der Waals surface area contributed by atoms with E-state index in [2.05, 4.69) is 36.5 Å². The number of aliphatic carboxylic acids is 1. The molecule has 2 N–H and O–H groups in total. The molecular formula is C27H35NO4. The molecule has 1 aliphatic rings. The molecule has 0 saturated carbocycles. The molecule has 0 unspecified atom stereocenters. The molecule has 0 spiro atoms. The van der Waals surface area contributed by atoms with Crippen LogP contribution in [0.1, 0.15) is 81.8 Å². The van der Waals surface area contributed by atoms with Crippen LogP contribution in [0.25, 0.3) is 11.1 Å². The van der Waals surface area contributed by atoms with Gasteiger partial charge in [-0.2, -0.15) is 0 Å². The third-order valence-corrected chi connectivity index (χ3v) is 6.28. The molecule has 0 heterocycles. The van der Waals surface area contributed by atoms with Gasteiger partial charge in [-0.15, -0.1) is 0 Å². The van der Waals surface area contributed by atoms with Gasteiger partial charge in [0.15, 0.2) is 0 Å². The van der Waals surface area contributed by atoms with E-state index < -0.39 is 18.1 Å². The zero-order valence-electron chi connectivity index (χ0n) is 19.0. The highest BCUT2D eigenvalue weighted by molar-refractivity contribution is 5.81. The molecule has 1 amide bonds. The Hall–Kier alpha value is -2.82. The molecule has 5 nitrogen and oxygen atoms in total. The van der Waals surface area contributed by atoms with E-state index in [1.165, 1.54) is 32.1 Å². The number of unbranched alkanes of at least 4 members (excludes halogenated alkanes) is 7. The van der Waals surface area contributed by atoms with Crippen molar-refractivity contribution in [3.8, 4) is 11.1 Å². The highest BCUT2D eigenvalue weighted by atomic mass is 16.5. The van der Waals surface area contributed by atoms with Gasteiger partial charge >= 0.3 is 12.1 Å². The Morgan fingerprint density at radius 2 is 1.41 bits per heavy atom. The lowest BCUT2D eigenvalue weighted by Crippen LogP contribution is -2.41. The number of amides is 1. The normalized spacial score (nSPS) is 13.3. The van der Waals surface area contributed by atoms with E-state index in [-0.39, 0.29) is 12.5 Å². The summed E-state index contributed by atoms with van der Waals surface area (Å²) in [5, 5.41) is 12.0. The largest absolute Gasteiger partial charge is 0.480 e. The van der Waals surface area contributed by atoms with Crippen molar-refractivity contribution in [2.75, 3.05) is 6.61 Å². The van der Waals surface area contributed by atoms with E-state index in [1.54, 1.807) is 0 Å². The van der Waals surface area contributed by atoms with Gasteiger partial charge < -0.3 is 15.2 Å². The molecule has 0 fully saturated rings. The maximum atomic E-state index is 12.4. The molecule has 0 aliphatic heterocycles. The molecular weight excluding hydrogens is 402 g/mol. The first-order chi connectivity index (χ1) is 15.6. The smallest absolute Gasteiger partial charge is 0.407 e. The number of rotatable bonds is 13. The van der Waals surface area contributed by atoms with E-state index in [1.807, 2.05) is 24.3 Å². The van der Waals surface area contributed by atoms with Gasteiger partial charge in [0.2, 0.25) is 0 Å². The van der Waals surface area contributed by atoms with Crippen molar-refractivity contribution in [2.24, 2.45) is 0 Å². The van der Waals surface area contributed by atoms with Crippen molar-refractivity contribution in [2.45, 2.75) is 76.7 Å². The summed E-state index contributed by atoms with van der Waals surface area (Å²) in [5.41, 5.74) is 4.59. The molecule has 32 heavy (non-hydrogen) atoms. The van der Waals surface area contributed by atoms with Gasteiger partial charge in [0.1, 0.15) is 12.6 Å². The third-order valence-electron chi connectivity index (χ3n) is 6.28. The lowest BCUT2D eigenvalue weighted by atomic mass is 9.98. The van der Waals surface area contributed by atoms with Crippen LogP contribution in [0.3, 0.4) is 0 Å². The number of alkyl carbamates (subject to hydrolysis) is 1. The molecule has 172 valence electrons. The van der Waals surface area contributed by atoms with Crippen molar-refractivity contribution >= 4 is 12.1 Å². The Morgan fingerprint density at radius 3 is 1.97 bits per heavy atom. The van der Waals surface area contributed by atoms with Crippen LogP contribution in [0.2, 0.25) is 0 Å². The highest BCUT2D eigenvalue weighted by Crippen LogP contribution is 2.44. The fourth-order valence-electron chi connectivity index (χ4n) is 4.52. The van der Waals surface area contributed by atoms with E-state index in [0.717, 1.165) is 41.5 Å². The quantitative estimate of drug-likeness (QED) is 0.350. The minimum Gasteiger partial charge on any atom is -0.480 e. The Bertz CT molecular complexity index is 849. The fourth-order valence-corrected chi connectivity index (χ4v) is 4.52. The topological polar surface area (TPSA) is 75.6 Å². The summed E-state index contributed by atoms with van der Waals surface area (Å²) in [6.07, 6.45) is 8.88. The minimum atomic E-state index is -1.01. The van der Waals surface area contributed by atoms with Crippen LogP contribution in [0, 0.1) is 0 Å². The summed E-state index contributed by atoms with van der Waals surface area (Å²) in [4.78, 5) is 24.0. The van der Waals surface area contributed by atoms with Crippen LogP contribution in [0.15, 0.2) is 48.5 Å². The van der Waals surface area contributed by atoms with E-state index >= 15 is 0 Å². The maximum Gasteiger partial charge on any atom is 0.407 e. The average molecular weight is 438 g/mol. The predicted octanol–water partition coefficient (Wildman–Crippen LogP) is 6.51. The number of carbonyl (C=O) groups excluding carboxylic acids is 1. The molecule has 5 heteroatoms. The van der Waals surface area contributed by atoms with Crippen LogP contribution in [0.4, 0.5) is 4.79 Å². The van der Waals surface area contributed by atoms with Crippen LogP contribution in [-0.2, 0) is 9.53 Å². The number of carboxylic acid groups (broad SMARTS) is 1. The van der Waals surface area contributed by atoms with E-state index in [0.29, 0.717) is 6.42 Å². The molecule has 2 aromatic carbocycles. The van der Waals surface area contributed by atoms with Gasteiger partial charge in [-0.3, -0.25) is 0 Å². The second-order valence-corrected chi connectivity index (χ2v) is 8.62. The molecule has 3 rings (SSSR count). The van der Waals surface area contributed by atoms with Crippen molar-refractivity contribution in [3.63, 3.8) is 0 Å². The van der Waals surface area contributed by atoms with Crippen LogP contribution in [-0.4, -0.2) is 29.8 Å². The van der Waals surface area contributed by atoms with Crippen molar-refractivity contribution in [1.29, 1.82) is 0 Å². The lowest BCUT2D eigenvalue weighted by molar-refractivity contribution is -0.139. The first-order valence-corrected chi connectivity index (χ1v) is 12.0. The second kappa shape index (κ2) is 12.3. The van der Waals surface area contributed by atoms with Crippen molar-refractivity contribution in [3.05, 3.63) is 59.7 Å². The number of nitrogens with one attached hydrogen (secondary N) is 1. The Balaban J connectivity index is 1.45. The molecule has 0 radical (unpaired) electrons. The zero-order chi connectivity index (χ0) is 22.8. The van der Waals surface area contributed by atoms with Gasteiger partial charge in [0.05, 0.1) is 0 Å². The van der Waals surface area contributed by atoms with Crippen molar-refractivity contribution in [1.82, 2.24) is 5.32 Å². The van der Waals surface area contributed by atoms with Gasteiger partial charge in [-0.05, 0) is 28.7 Å². The summed E-state index contributed by atoms with van der Waals surface area (Å²) < 4.78 is 5.49. The molecule has 1 aliphatic carbocycles. The molecule has 2 aromatic rings. The maximum absolute atomic E-state index is 12.4. The SMILES string of the molecule is CCCCCCCCCC[C@@H](NC(=O)OCC1c2ccccc2-c2ccccc21)C(=O)O. The molecule has 0 saturated heterocycles. The van der Waals surface area contributed by atoms with Crippen molar-refractivity contribution < 1.29 is 19.4 Å². The number of carbonyl (C=O) groups is 2. The summed E-state index contributed by atoms with van der Waals surface area (Å²) in [7, 11) is 0. The number of hydrogen-bond acceptors (Lipinski definition) is 3. The first kappa shape index (κ1) is 23.8. The van der Waals surface area contributed by atoms with Gasteiger partial charge in [-0.25, -0.2) is 9.59 Å². The first-order valence-electron chi connectivity index (χ1n) is 12.0. The fraction of sp³-hybridized carbons (Fsp3) is 0.481. The summed E-state index contributed by atoms with van der Waals surface area (Å²) in [6, 6.07) is 15.4. The number of fused-ring (bicyclic) bond motifs is 3. The zero-order valence-corrected chi connectivity index (χ0v) is 19.0. The predicted molar refractivity (Wildman–Crippen MR) is 127 cm³/mol. The number of ether oxygens (including phenoxy) is 1. The standard InChI is InChI=1S/C27H35NO4/c1-2-3-4-5-6-7-8-9-18-25(26(29)30)28-27(31)32-19-24-22-16-12-10-14-20(22)21-15-11-13-17-23(21)24/h10-17,24-25H,2-9,18-19H2,1H3,(H,28,31)(H,29,30)/t25-/m1/s1. The highest BCUT2D eigenvalue weighted by Gasteiger charge is 2.29. The second-order valence-electron chi connectivity index (χ2n) is 8.62. The van der Waals surface area contributed by atoms with Crippen LogP contribution >= 0.6 is 0 Å². The minimum absolute atomic E-state index is 0.0378. The van der Waals surface area contributed by atoms with E-state index in [4.69, 9.17) is 4.74 Å². The van der Waals surface area contributed by atoms with Gasteiger partial charge in [-0.1, -0.05) is 107 Å². The molecule has 0 bridgehead atoms. The Kier molecular flexibility index (Phi) is 9.14. The van der Waals surface area contributed by atoms with Crippen LogP contribution in [0.5, 0.6) is 0 Å². The van der Waals surface area contributed by atoms with Gasteiger partial charge in [0, 0.05) is 5.92 Å². The number of hydrogen-bond donors (Lipinski definition) is 2. The Morgan fingerprint density at radius 1 is 0.875 bits per heavy atom. The third kappa shape index (κ3) is 6.35. The summed E-state index contributed by atoms with van der Waals surface area (Å²) in [5.74, 6) is -1.05. The average Bonchev–Trinajstić information content (AvgIpc) is 3.12. The van der Waals surface area contributed by atoms with Crippen LogP contribution < -0.4 is 5.32 Å². The van der Waals surface area contributed by atoms with E-state index in [9.17, 15) is 14.7 Å². The Labute approximate surface area is 191 Å². The number of carboxylic acids is 1. The lowest BCUT2D eigenvalue weighted by Gasteiger charge is -2.17. The summed E-state index contributed by atoms with van der Waals surface area (Å²) in [6.45, 7) is 2.39.